The molecular formula is C18H18N4O3. The van der Waals surface area contributed by atoms with Crippen LogP contribution in [0.1, 0.15) is 29.9 Å². The number of anilines is 1. The predicted octanol–water partition coefficient (Wildman–Crippen LogP) is 0.966. The van der Waals surface area contributed by atoms with Crippen molar-refractivity contribution in [3.05, 3.63) is 35.4 Å². The fraction of sp³-hybridized carbons (Fsp3) is 0.278. The van der Waals surface area contributed by atoms with Crippen molar-refractivity contribution >= 4 is 11.7 Å². The van der Waals surface area contributed by atoms with E-state index in [0.29, 0.717) is 22.7 Å². The fourth-order valence-corrected chi connectivity index (χ4v) is 2.51. The number of benzene rings is 1. The molecule has 0 radical (unpaired) electrons. The van der Waals surface area contributed by atoms with Crippen molar-refractivity contribution in [2.45, 2.75) is 24.8 Å². The van der Waals surface area contributed by atoms with Crippen LogP contribution in [0.25, 0.3) is 11.3 Å². The summed E-state index contributed by atoms with van der Waals surface area (Å²) in [5.41, 5.74) is 8.05. The molecule has 1 aliphatic rings. The van der Waals surface area contributed by atoms with Crippen molar-refractivity contribution < 1.29 is 15.0 Å². The third-order valence-electron chi connectivity index (χ3n) is 4.04. The Hall–Kier alpha value is -2.95. The average Bonchev–Trinajstić information content (AvgIpc) is 3.46. The zero-order chi connectivity index (χ0) is 18.0. The van der Waals surface area contributed by atoms with E-state index in [1.807, 2.05) is 0 Å². The zero-order valence-electron chi connectivity index (χ0n) is 13.4. The Labute approximate surface area is 144 Å². The number of phenolic OH excluding ortho intramolecular Hbond substituents is 1. The molecule has 3 rings (SSSR count). The number of aromatic hydroxyl groups is 1. The van der Waals surface area contributed by atoms with E-state index in [9.17, 15) is 9.90 Å². The van der Waals surface area contributed by atoms with Gasteiger partial charge < -0.3 is 21.3 Å². The first kappa shape index (κ1) is 16.9. The Morgan fingerprint density at radius 2 is 2.16 bits per heavy atom. The molecule has 1 amide bonds. The number of aliphatic hydroxyl groups is 1. The van der Waals surface area contributed by atoms with Crippen LogP contribution in [0, 0.1) is 12.3 Å². The van der Waals surface area contributed by atoms with Gasteiger partial charge in [0, 0.05) is 11.1 Å². The first-order valence-electron chi connectivity index (χ1n) is 7.88. The number of aliphatic hydroxyl groups excluding tert-OH is 1. The Kier molecular flexibility index (Phi) is 4.65. The standard InChI is InChI=1S/C18H18N4O3/c1-2-10-3-6-12(15(24)7-10)17-13(11-4-5-11)8-16(21-22-17)20-18(25)14(19)9-23/h1,3,6-8,11,14,23-24H,4-5,9,19H2,(H,20,21,25)/t14-/m1/s1. The molecule has 0 spiro atoms. The summed E-state index contributed by atoms with van der Waals surface area (Å²) in [6.07, 6.45) is 7.35. The molecular weight excluding hydrogens is 320 g/mol. The number of nitrogens with zero attached hydrogens (tertiary/aromatic N) is 2. The second-order valence-electron chi connectivity index (χ2n) is 5.96. The van der Waals surface area contributed by atoms with Gasteiger partial charge in [-0.25, -0.2) is 0 Å². The van der Waals surface area contributed by atoms with Gasteiger partial charge in [-0.3, -0.25) is 4.79 Å². The van der Waals surface area contributed by atoms with Gasteiger partial charge in [-0.1, -0.05) is 5.92 Å². The molecule has 0 aliphatic heterocycles. The van der Waals surface area contributed by atoms with E-state index < -0.39 is 18.6 Å². The van der Waals surface area contributed by atoms with Crippen LogP contribution < -0.4 is 11.1 Å². The summed E-state index contributed by atoms with van der Waals surface area (Å²) in [6, 6.07) is 5.65. The fourth-order valence-electron chi connectivity index (χ4n) is 2.51. The lowest BCUT2D eigenvalue weighted by Gasteiger charge is -2.13. The van der Waals surface area contributed by atoms with Crippen LogP contribution in [0.15, 0.2) is 24.3 Å². The van der Waals surface area contributed by atoms with E-state index >= 15 is 0 Å². The summed E-state index contributed by atoms with van der Waals surface area (Å²) in [5.74, 6) is 2.53. The van der Waals surface area contributed by atoms with Gasteiger partial charge in [0.2, 0.25) is 5.91 Å². The van der Waals surface area contributed by atoms with Gasteiger partial charge >= 0.3 is 0 Å². The monoisotopic (exact) mass is 338 g/mol. The summed E-state index contributed by atoms with van der Waals surface area (Å²) in [7, 11) is 0. The van der Waals surface area contributed by atoms with Crippen LogP contribution in [0.3, 0.4) is 0 Å². The van der Waals surface area contributed by atoms with E-state index in [-0.39, 0.29) is 11.6 Å². The number of nitrogens with one attached hydrogen (secondary N) is 1. The number of rotatable bonds is 5. The Bertz CT molecular complexity index is 856. The maximum atomic E-state index is 11.8. The molecule has 1 aromatic heterocycles. The maximum absolute atomic E-state index is 11.8. The number of carbonyl (C=O) groups is 1. The molecule has 0 saturated heterocycles. The lowest BCUT2D eigenvalue weighted by molar-refractivity contribution is -0.118. The molecule has 1 heterocycles. The smallest absolute Gasteiger partial charge is 0.244 e. The highest BCUT2D eigenvalue weighted by molar-refractivity contribution is 5.94. The average molecular weight is 338 g/mol. The lowest BCUT2D eigenvalue weighted by Crippen LogP contribution is -2.38. The SMILES string of the molecule is C#Cc1ccc(-c2nnc(NC(=O)[C@H](N)CO)cc2C2CC2)c(O)c1. The van der Waals surface area contributed by atoms with Gasteiger partial charge in [0.25, 0.3) is 0 Å². The van der Waals surface area contributed by atoms with Gasteiger partial charge in [0.05, 0.1) is 6.61 Å². The highest BCUT2D eigenvalue weighted by Gasteiger charge is 2.29. The van der Waals surface area contributed by atoms with Crippen LogP contribution >= 0.6 is 0 Å². The van der Waals surface area contributed by atoms with Crippen LogP contribution in [-0.2, 0) is 4.79 Å². The Morgan fingerprint density at radius 1 is 1.40 bits per heavy atom. The zero-order valence-corrected chi connectivity index (χ0v) is 13.4. The first-order chi connectivity index (χ1) is 12.0. The second kappa shape index (κ2) is 6.89. The number of amides is 1. The van der Waals surface area contributed by atoms with Crippen molar-refractivity contribution in [1.82, 2.24) is 10.2 Å². The molecule has 128 valence electrons. The van der Waals surface area contributed by atoms with Gasteiger partial charge in [0.15, 0.2) is 5.82 Å². The minimum Gasteiger partial charge on any atom is -0.507 e. The van der Waals surface area contributed by atoms with E-state index in [1.54, 1.807) is 18.2 Å². The number of hydrogen-bond donors (Lipinski definition) is 4. The van der Waals surface area contributed by atoms with E-state index in [2.05, 4.69) is 21.4 Å². The first-order valence-corrected chi connectivity index (χ1v) is 7.88. The summed E-state index contributed by atoms with van der Waals surface area (Å²) in [6.45, 7) is -0.456. The Balaban J connectivity index is 1.96. The predicted molar refractivity (Wildman–Crippen MR) is 92.7 cm³/mol. The molecule has 7 nitrogen and oxygen atoms in total. The second-order valence-corrected chi connectivity index (χ2v) is 5.96. The van der Waals surface area contributed by atoms with Crippen LogP contribution in [0.4, 0.5) is 5.82 Å². The largest absolute Gasteiger partial charge is 0.507 e. The van der Waals surface area contributed by atoms with Gasteiger partial charge in [-0.05, 0) is 48.6 Å². The topological polar surface area (TPSA) is 121 Å². The molecule has 1 fully saturated rings. The number of aromatic nitrogens is 2. The van der Waals surface area contributed by atoms with E-state index in [0.717, 1.165) is 18.4 Å². The molecule has 2 aromatic rings. The third kappa shape index (κ3) is 3.60. The minimum atomic E-state index is -1.02. The highest BCUT2D eigenvalue weighted by atomic mass is 16.3. The molecule has 1 saturated carbocycles. The maximum Gasteiger partial charge on any atom is 0.244 e. The number of carbonyl (C=O) groups excluding carboxylic acids is 1. The molecule has 25 heavy (non-hydrogen) atoms. The lowest BCUT2D eigenvalue weighted by atomic mass is 10.0. The van der Waals surface area contributed by atoms with Gasteiger partial charge in [0.1, 0.15) is 17.5 Å². The molecule has 5 N–H and O–H groups in total. The van der Waals surface area contributed by atoms with Crippen molar-refractivity contribution in [1.29, 1.82) is 0 Å². The summed E-state index contributed by atoms with van der Waals surface area (Å²) >= 11 is 0. The van der Waals surface area contributed by atoms with Crippen LogP contribution in [0.2, 0.25) is 0 Å². The summed E-state index contributed by atoms with van der Waals surface area (Å²) in [5, 5.41) is 29.9. The molecule has 0 bridgehead atoms. The molecule has 1 aliphatic carbocycles. The molecule has 0 unspecified atom stereocenters. The summed E-state index contributed by atoms with van der Waals surface area (Å²) < 4.78 is 0. The minimum absolute atomic E-state index is 0.0331. The molecule has 1 atom stereocenters. The van der Waals surface area contributed by atoms with Gasteiger partial charge in [-0.2, -0.15) is 0 Å². The highest BCUT2D eigenvalue weighted by Crippen LogP contribution is 2.45. The quantitative estimate of drug-likeness (QED) is 0.603. The Morgan fingerprint density at radius 3 is 2.76 bits per heavy atom. The number of nitrogens with two attached hydrogens (primary N) is 1. The summed E-state index contributed by atoms with van der Waals surface area (Å²) in [4.78, 5) is 11.8. The van der Waals surface area contributed by atoms with Crippen molar-refractivity contribution in [3.8, 4) is 29.4 Å². The van der Waals surface area contributed by atoms with E-state index in [4.69, 9.17) is 17.3 Å². The van der Waals surface area contributed by atoms with Crippen molar-refractivity contribution in [2.24, 2.45) is 5.73 Å². The van der Waals surface area contributed by atoms with Crippen molar-refractivity contribution in [3.63, 3.8) is 0 Å². The normalized spacial score (nSPS) is 14.6. The van der Waals surface area contributed by atoms with Crippen LogP contribution in [0.5, 0.6) is 5.75 Å². The van der Waals surface area contributed by atoms with E-state index in [1.165, 1.54) is 6.07 Å². The van der Waals surface area contributed by atoms with Gasteiger partial charge in [-0.15, -0.1) is 16.6 Å². The number of terminal acetylenes is 1. The molecule has 7 heteroatoms. The number of phenols is 1. The van der Waals surface area contributed by atoms with Crippen molar-refractivity contribution in [2.75, 3.05) is 11.9 Å². The number of hydrogen-bond acceptors (Lipinski definition) is 6. The molecule has 1 aromatic carbocycles. The third-order valence-corrected chi connectivity index (χ3v) is 4.04. The van der Waals surface area contributed by atoms with Crippen LogP contribution in [-0.4, -0.2) is 39.0 Å².